The molecule has 0 spiro atoms. The van der Waals surface area contributed by atoms with Crippen LogP contribution in [-0.4, -0.2) is 102 Å². The SMILES string of the molecule is C=Cc1ccc([Si](CC(N(CCCC)CCCC)N(CCCC)CCCC)(CC(N(CCCC)CCCC)N(CCCC)CCCC)C2=CC=CC3(C=C)[SiH2]C23)cc1. The van der Waals surface area contributed by atoms with E-state index in [1.54, 1.807) is 5.19 Å². The quantitative estimate of drug-likeness (QED) is 0.0379. The number of unbranched alkanes of at least 4 members (excludes halogenated alkanes) is 8. The summed E-state index contributed by atoms with van der Waals surface area (Å²) in [7, 11) is -2.84. The maximum atomic E-state index is 4.54. The number of rotatable bonds is 36. The van der Waals surface area contributed by atoms with Gasteiger partial charge in [0.2, 0.25) is 0 Å². The van der Waals surface area contributed by atoms with E-state index in [2.05, 4.69) is 143 Å². The molecule has 1 aliphatic heterocycles. The van der Waals surface area contributed by atoms with Crippen LogP contribution in [0.5, 0.6) is 0 Å². The minimum absolute atomic E-state index is 0.261. The molecule has 0 N–H and O–H groups in total. The first-order valence-electron chi connectivity index (χ1n) is 25.0. The lowest BCUT2D eigenvalue weighted by Gasteiger charge is -2.50. The highest BCUT2D eigenvalue weighted by Crippen LogP contribution is 2.66. The van der Waals surface area contributed by atoms with Gasteiger partial charge in [0, 0.05) is 9.52 Å². The fourth-order valence-corrected chi connectivity index (χ4v) is 19.4. The Morgan fingerprint density at radius 3 is 1.21 bits per heavy atom. The second-order valence-electron chi connectivity index (χ2n) is 18.3. The highest BCUT2D eigenvalue weighted by atomic mass is 28.3. The van der Waals surface area contributed by atoms with E-state index < -0.39 is 8.07 Å². The third kappa shape index (κ3) is 14.5. The molecule has 1 aromatic carbocycles. The summed E-state index contributed by atoms with van der Waals surface area (Å²) in [6.07, 6.45) is 33.4. The highest BCUT2D eigenvalue weighted by molar-refractivity contribution is 6.99. The van der Waals surface area contributed by atoms with Crippen LogP contribution in [0.2, 0.25) is 22.7 Å². The number of benzene rings is 1. The predicted octanol–water partition coefficient (Wildman–Crippen LogP) is 12.6. The minimum Gasteiger partial charge on any atom is -0.288 e. The maximum absolute atomic E-state index is 4.54. The van der Waals surface area contributed by atoms with Crippen molar-refractivity contribution in [3.05, 3.63) is 72.5 Å². The first-order valence-corrected chi connectivity index (χ1v) is 29.0. The van der Waals surface area contributed by atoms with Crippen LogP contribution in [0.1, 0.15) is 164 Å². The highest BCUT2D eigenvalue weighted by Gasteiger charge is 2.59. The Kier molecular flexibility index (Phi) is 24.6. The zero-order valence-corrected chi connectivity index (χ0v) is 42.1. The molecule has 6 heteroatoms. The molecule has 330 valence electrons. The molecule has 1 aliphatic carbocycles. The summed E-state index contributed by atoms with van der Waals surface area (Å²) < 4.78 is 0. The molecule has 4 nitrogen and oxygen atoms in total. The average molecular weight is 832 g/mol. The van der Waals surface area contributed by atoms with Crippen molar-refractivity contribution in [1.82, 2.24) is 19.6 Å². The number of hydrogen-bond donors (Lipinski definition) is 0. The molecule has 1 saturated heterocycles. The van der Waals surface area contributed by atoms with Gasteiger partial charge < -0.3 is 0 Å². The van der Waals surface area contributed by atoms with E-state index in [1.165, 1.54) is 173 Å². The van der Waals surface area contributed by atoms with Crippen molar-refractivity contribution in [2.45, 2.75) is 193 Å². The van der Waals surface area contributed by atoms with Gasteiger partial charge >= 0.3 is 0 Å². The van der Waals surface area contributed by atoms with Crippen molar-refractivity contribution in [2.75, 3.05) is 52.4 Å². The maximum Gasteiger partial charge on any atom is 0.119 e. The van der Waals surface area contributed by atoms with Gasteiger partial charge in [0.15, 0.2) is 0 Å². The van der Waals surface area contributed by atoms with E-state index in [0.717, 1.165) is 0 Å². The smallest absolute Gasteiger partial charge is 0.119 e. The summed E-state index contributed by atoms with van der Waals surface area (Å²) >= 11 is 0. The summed E-state index contributed by atoms with van der Waals surface area (Å²) in [5.74, 6) is 0. The van der Waals surface area contributed by atoms with Gasteiger partial charge in [-0.3, -0.25) is 19.6 Å². The molecule has 0 bridgehead atoms. The molecule has 0 amide bonds. The second kappa shape index (κ2) is 28.1. The summed E-state index contributed by atoms with van der Waals surface area (Å²) in [5.41, 5.74) is 1.96. The molecular formula is C52H94N4Si2. The van der Waals surface area contributed by atoms with Gasteiger partial charge in [-0.1, -0.05) is 178 Å². The second-order valence-corrected chi connectivity index (χ2v) is 24.9. The molecule has 58 heavy (non-hydrogen) atoms. The zero-order chi connectivity index (χ0) is 42.2. The normalized spacial score (nSPS) is 18.4. The third-order valence-electron chi connectivity index (χ3n) is 13.9. The molecule has 1 heterocycles. The van der Waals surface area contributed by atoms with Crippen LogP contribution < -0.4 is 5.19 Å². The Bertz CT molecular complexity index is 1210. The van der Waals surface area contributed by atoms with Gasteiger partial charge in [-0.05, 0) is 132 Å². The van der Waals surface area contributed by atoms with Crippen molar-refractivity contribution in [2.24, 2.45) is 0 Å². The zero-order valence-electron chi connectivity index (χ0n) is 39.7. The Balaban J connectivity index is 2.49. The van der Waals surface area contributed by atoms with E-state index in [9.17, 15) is 0 Å². The Labute approximate surface area is 364 Å². The summed E-state index contributed by atoms with van der Waals surface area (Å²) in [6.45, 7) is 37.7. The van der Waals surface area contributed by atoms with Crippen LogP contribution in [0.4, 0.5) is 0 Å². The fourth-order valence-electron chi connectivity index (χ4n) is 9.90. The van der Waals surface area contributed by atoms with E-state index in [1.807, 2.05) is 5.20 Å². The molecule has 1 fully saturated rings. The minimum atomic E-state index is -2.49. The van der Waals surface area contributed by atoms with Crippen LogP contribution >= 0.6 is 0 Å². The molecule has 2 aliphatic rings. The molecule has 2 unspecified atom stereocenters. The van der Waals surface area contributed by atoms with Gasteiger partial charge in [0.1, 0.15) is 8.07 Å². The van der Waals surface area contributed by atoms with Gasteiger partial charge in [0.05, 0.1) is 12.3 Å². The van der Waals surface area contributed by atoms with E-state index in [4.69, 9.17) is 0 Å². The standard InChI is InChI=1S/C52H94N4Si2/c1-11-21-36-53(37-22-12-2)49(54(38-23-13-3)39-24-14-4)44-58(47-33-31-46(19-9)32-34-47,48-30-29-35-52(20-10)51(48)57-52)45-50(55(40-25-15-5)41-26-16-6)56(42-27-17-7)43-28-18-8/h19-20,29-35,49-51H,9-18,21-28,36-45,57H2,1-8H3. The summed E-state index contributed by atoms with van der Waals surface area (Å²) in [6, 6.07) is 12.7. The van der Waals surface area contributed by atoms with Gasteiger partial charge in [0.25, 0.3) is 0 Å². The van der Waals surface area contributed by atoms with Crippen molar-refractivity contribution >= 4 is 28.9 Å². The lowest BCUT2D eigenvalue weighted by atomic mass is 10.0. The Morgan fingerprint density at radius 1 is 0.569 bits per heavy atom. The van der Waals surface area contributed by atoms with Crippen LogP contribution in [0.15, 0.2) is 66.9 Å². The molecule has 2 atom stereocenters. The van der Waals surface area contributed by atoms with Gasteiger partial charge in [-0.2, -0.15) is 0 Å². The van der Waals surface area contributed by atoms with E-state index in [-0.39, 0.29) is 14.6 Å². The van der Waals surface area contributed by atoms with Crippen molar-refractivity contribution in [3.8, 4) is 0 Å². The number of allylic oxidation sites excluding steroid dienone is 5. The van der Waals surface area contributed by atoms with Crippen molar-refractivity contribution in [3.63, 3.8) is 0 Å². The molecular weight excluding hydrogens is 737 g/mol. The van der Waals surface area contributed by atoms with Crippen LogP contribution in [0.3, 0.4) is 0 Å². The Morgan fingerprint density at radius 2 is 0.914 bits per heavy atom. The first-order chi connectivity index (χ1) is 28.3. The van der Waals surface area contributed by atoms with Gasteiger partial charge in [-0.15, -0.1) is 6.58 Å². The Hall–Kier alpha value is -1.55. The largest absolute Gasteiger partial charge is 0.288 e. The predicted molar refractivity (Wildman–Crippen MR) is 267 cm³/mol. The topological polar surface area (TPSA) is 13.0 Å². The van der Waals surface area contributed by atoms with Gasteiger partial charge in [-0.25, -0.2) is 0 Å². The fraction of sp³-hybridized carbons (Fsp3) is 0.731. The first kappa shape index (κ1) is 50.8. The molecule has 0 saturated carbocycles. The van der Waals surface area contributed by atoms with Crippen molar-refractivity contribution in [1.29, 1.82) is 0 Å². The lowest BCUT2D eigenvalue weighted by Crippen LogP contribution is -2.63. The summed E-state index contributed by atoms with van der Waals surface area (Å²) in [5, 5.41) is 3.83. The lowest BCUT2D eigenvalue weighted by molar-refractivity contribution is 0.0429. The van der Waals surface area contributed by atoms with Crippen LogP contribution in [0.25, 0.3) is 6.08 Å². The molecule has 1 aromatic rings. The number of nitrogens with zero attached hydrogens (tertiary/aromatic N) is 4. The third-order valence-corrected chi connectivity index (χ3v) is 22.2. The number of hydrogen-bond acceptors (Lipinski definition) is 4. The summed E-state index contributed by atoms with van der Waals surface area (Å²) in [4.78, 5) is 12.1. The average Bonchev–Trinajstić information content (AvgIpc) is 4.01. The van der Waals surface area contributed by atoms with E-state index in [0.29, 0.717) is 17.9 Å². The molecule has 0 aromatic heterocycles. The molecule has 0 radical (unpaired) electrons. The van der Waals surface area contributed by atoms with Crippen LogP contribution in [0, 0.1) is 0 Å². The van der Waals surface area contributed by atoms with E-state index >= 15 is 0 Å². The monoisotopic (exact) mass is 831 g/mol. The molecule has 3 rings (SSSR count). The van der Waals surface area contributed by atoms with Crippen molar-refractivity contribution < 1.29 is 0 Å². The van der Waals surface area contributed by atoms with Crippen LogP contribution in [-0.2, 0) is 0 Å². The number of fused-ring (bicyclic) bond motifs is 1.